The minimum absolute atomic E-state index is 0.815. The summed E-state index contributed by atoms with van der Waals surface area (Å²) in [5.41, 5.74) is 9.00. The second-order valence-electron chi connectivity index (χ2n) is 8.56. The third-order valence-electron chi connectivity index (χ3n) is 5.96. The van der Waals surface area contributed by atoms with E-state index in [-0.39, 0.29) is 0 Å². The van der Waals surface area contributed by atoms with Crippen LogP contribution in [0.15, 0.2) is 24.5 Å². The summed E-state index contributed by atoms with van der Waals surface area (Å²) in [5, 5.41) is 0. The maximum atomic E-state index is 5.99. The molecule has 0 aliphatic heterocycles. The number of nitrogen functional groups attached to an aromatic ring is 1. The van der Waals surface area contributed by atoms with Crippen molar-refractivity contribution in [2.75, 3.05) is 25.4 Å². The molecule has 29 heavy (non-hydrogen) atoms. The summed E-state index contributed by atoms with van der Waals surface area (Å²) >= 11 is 0. The Morgan fingerprint density at radius 1 is 0.793 bits per heavy atom. The first-order valence-electron chi connectivity index (χ1n) is 12.2. The maximum Gasteiger partial charge on any atom is 0.0958 e. The van der Waals surface area contributed by atoms with E-state index in [1.54, 1.807) is 0 Å². The van der Waals surface area contributed by atoms with E-state index in [1.807, 2.05) is 24.5 Å². The molecule has 0 amide bonds. The van der Waals surface area contributed by atoms with Crippen LogP contribution in [0, 0.1) is 0 Å². The fraction of sp³-hybridized carbons (Fsp3) is 0.720. The zero-order valence-electron chi connectivity index (χ0n) is 19.0. The van der Waals surface area contributed by atoms with E-state index in [9.17, 15) is 0 Å². The number of aromatic nitrogens is 2. The van der Waals surface area contributed by atoms with Gasteiger partial charge in [-0.2, -0.15) is 0 Å². The SMILES string of the molecule is CCCCCCCCN(CCCCCCCC)CCn1cnc2ccc(N)cc21. The Morgan fingerprint density at radius 3 is 2.00 bits per heavy atom. The quantitative estimate of drug-likeness (QED) is 0.239. The molecule has 164 valence electrons. The number of benzene rings is 1. The van der Waals surface area contributed by atoms with E-state index in [0.717, 1.165) is 29.8 Å². The smallest absolute Gasteiger partial charge is 0.0958 e. The van der Waals surface area contributed by atoms with Crippen molar-refractivity contribution in [2.24, 2.45) is 0 Å². The number of anilines is 1. The molecular formula is C25H44N4. The summed E-state index contributed by atoms with van der Waals surface area (Å²) in [4.78, 5) is 7.21. The van der Waals surface area contributed by atoms with Gasteiger partial charge in [0, 0.05) is 18.8 Å². The summed E-state index contributed by atoms with van der Waals surface area (Å²) < 4.78 is 2.27. The molecule has 0 atom stereocenters. The molecule has 0 spiro atoms. The Labute approximate surface area is 178 Å². The molecule has 2 aromatic rings. The van der Waals surface area contributed by atoms with Gasteiger partial charge < -0.3 is 15.2 Å². The molecule has 1 heterocycles. The zero-order valence-corrected chi connectivity index (χ0v) is 19.0. The van der Waals surface area contributed by atoms with Crippen molar-refractivity contribution in [2.45, 2.75) is 97.4 Å². The lowest BCUT2D eigenvalue weighted by atomic mass is 10.1. The normalized spacial score (nSPS) is 11.7. The molecule has 0 aliphatic rings. The summed E-state index contributed by atoms with van der Waals surface area (Å²) in [7, 11) is 0. The molecule has 2 rings (SSSR count). The average Bonchev–Trinajstić information content (AvgIpc) is 3.12. The zero-order chi connectivity index (χ0) is 20.7. The first-order valence-corrected chi connectivity index (χ1v) is 12.2. The van der Waals surface area contributed by atoms with Crippen LogP contribution in [0.25, 0.3) is 11.0 Å². The van der Waals surface area contributed by atoms with Crippen molar-refractivity contribution in [1.82, 2.24) is 14.5 Å². The molecule has 0 saturated heterocycles. The number of rotatable bonds is 17. The van der Waals surface area contributed by atoms with Gasteiger partial charge in [-0.1, -0.05) is 78.1 Å². The van der Waals surface area contributed by atoms with E-state index >= 15 is 0 Å². The van der Waals surface area contributed by atoms with E-state index < -0.39 is 0 Å². The molecule has 4 heteroatoms. The van der Waals surface area contributed by atoms with Gasteiger partial charge in [0.1, 0.15) is 0 Å². The van der Waals surface area contributed by atoms with Crippen LogP contribution in [0.2, 0.25) is 0 Å². The van der Waals surface area contributed by atoms with Crippen LogP contribution in [-0.2, 0) is 6.54 Å². The second kappa shape index (κ2) is 14.4. The van der Waals surface area contributed by atoms with Crippen LogP contribution >= 0.6 is 0 Å². The van der Waals surface area contributed by atoms with Gasteiger partial charge in [0.05, 0.1) is 17.4 Å². The van der Waals surface area contributed by atoms with Crippen molar-refractivity contribution in [3.63, 3.8) is 0 Å². The minimum atomic E-state index is 0.815. The lowest BCUT2D eigenvalue weighted by Gasteiger charge is -2.23. The Bertz CT molecular complexity index is 648. The number of hydrogen-bond donors (Lipinski definition) is 1. The van der Waals surface area contributed by atoms with Crippen molar-refractivity contribution in [3.05, 3.63) is 24.5 Å². The van der Waals surface area contributed by atoms with Crippen molar-refractivity contribution in [3.8, 4) is 0 Å². The van der Waals surface area contributed by atoms with Gasteiger partial charge in [-0.3, -0.25) is 0 Å². The summed E-state index contributed by atoms with van der Waals surface area (Å²) in [5.74, 6) is 0. The van der Waals surface area contributed by atoms with Crippen LogP contribution in [0.3, 0.4) is 0 Å². The standard InChI is InChI=1S/C25H44N4/c1-3-5-7-9-11-13-17-28(18-14-12-10-8-6-4-2)19-20-29-22-27-24-16-15-23(26)21-25(24)29/h15-16,21-22H,3-14,17-20,26H2,1-2H3. The van der Waals surface area contributed by atoms with E-state index in [0.29, 0.717) is 0 Å². The van der Waals surface area contributed by atoms with Gasteiger partial charge in [0.15, 0.2) is 0 Å². The highest BCUT2D eigenvalue weighted by Gasteiger charge is 2.08. The first kappa shape index (κ1) is 23.7. The van der Waals surface area contributed by atoms with Crippen LogP contribution in [-0.4, -0.2) is 34.1 Å². The molecule has 1 aromatic carbocycles. The predicted molar refractivity (Wildman–Crippen MR) is 127 cm³/mol. The fourth-order valence-electron chi connectivity index (χ4n) is 4.07. The highest BCUT2D eigenvalue weighted by molar-refractivity contribution is 5.78. The predicted octanol–water partition coefficient (Wildman–Crippen LogP) is 6.64. The number of hydrogen-bond acceptors (Lipinski definition) is 3. The third kappa shape index (κ3) is 9.20. The lowest BCUT2D eigenvalue weighted by Crippen LogP contribution is -2.29. The van der Waals surface area contributed by atoms with Gasteiger partial charge in [-0.25, -0.2) is 4.98 Å². The molecule has 0 aliphatic carbocycles. The van der Waals surface area contributed by atoms with Crippen molar-refractivity contribution < 1.29 is 0 Å². The van der Waals surface area contributed by atoms with Gasteiger partial charge in [0.25, 0.3) is 0 Å². The van der Waals surface area contributed by atoms with E-state index in [2.05, 4.69) is 28.3 Å². The highest BCUT2D eigenvalue weighted by Crippen LogP contribution is 2.16. The molecule has 0 saturated carbocycles. The van der Waals surface area contributed by atoms with Crippen molar-refractivity contribution >= 4 is 16.7 Å². The molecule has 2 N–H and O–H groups in total. The topological polar surface area (TPSA) is 47.1 Å². The summed E-state index contributed by atoms with van der Waals surface area (Å²) in [6.07, 6.45) is 18.4. The molecule has 0 fully saturated rings. The second-order valence-corrected chi connectivity index (χ2v) is 8.56. The molecular weight excluding hydrogens is 356 g/mol. The van der Waals surface area contributed by atoms with Crippen molar-refractivity contribution in [1.29, 1.82) is 0 Å². The Kier molecular flexibility index (Phi) is 11.8. The van der Waals surface area contributed by atoms with Crippen LogP contribution in [0.1, 0.15) is 90.9 Å². The number of nitrogens with zero attached hydrogens (tertiary/aromatic N) is 3. The summed E-state index contributed by atoms with van der Waals surface area (Å²) in [6.45, 7) is 9.13. The van der Waals surface area contributed by atoms with E-state index in [1.165, 1.54) is 90.1 Å². The van der Waals surface area contributed by atoms with Crippen LogP contribution in [0.4, 0.5) is 5.69 Å². The monoisotopic (exact) mass is 400 g/mol. The number of fused-ring (bicyclic) bond motifs is 1. The molecule has 4 nitrogen and oxygen atoms in total. The molecule has 1 aromatic heterocycles. The lowest BCUT2D eigenvalue weighted by molar-refractivity contribution is 0.251. The largest absolute Gasteiger partial charge is 0.399 e. The Balaban J connectivity index is 1.79. The number of unbranched alkanes of at least 4 members (excludes halogenated alkanes) is 10. The molecule has 0 radical (unpaired) electrons. The van der Waals surface area contributed by atoms with Gasteiger partial charge in [0.2, 0.25) is 0 Å². The average molecular weight is 401 g/mol. The molecule has 0 unspecified atom stereocenters. The third-order valence-corrected chi connectivity index (χ3v) is 5.96. The fourth-order valence-corrected chi connectivity index (χ4v) is 4.07. The van der Waals surface area contributed by atoms with Gasteiger partial charge in [-0.05, 0) is 44.1 Å². The highest BCUT2D eigenvalue weighted by atomic mass is 15.2. The minimum Gasteiger partial charge on any atom is -0.399 e. The summed E-state index contributed by atoms with van der Waals surface area (Å²) in [6, 6.07) is 6.00. The number of imidazole rings is 1. The first-order chi connectivity index (χ1) is 14.2. The Hall–Kier alpha value is -1.55. The molecule has 0 bridgehead atoms. The maximum absolute atomic E-state index is 5.99. The van der Waals surface area contributed by atoms with Gasteiger partial charge >= 0.3 is 0 Å². The Morgan fingerprint density at radius 2 is 1.38 bits per heavy atom. The number of nitrogens with two attached hydrogens (primary N) is 1. The van der Waals surface area contributed by atoms with Crippen LogP contribution < -0.4 is 5.73 Å². The van der Waals surface area contributed by atoms with Crippen LogP contribution in [0.5, 0.6) is 0 Å². The van der Waals surface area contributed by atoms with Gasteiger partial charge in [-0.15, -0.1) is 0 Å². The van der Waals surface area contributed by atoms with E-state index in [4.69, 9.17) is 5.73 Å².